The van der Waals surface area contributed by atoms with E-state index in [-0.39, 0.29) is 0 Å². The average molecular weight is 305 g/mol. The molecule has 2 aliphatic heterocycles. The molecule has 0 aromatic carbocycles. The molecule has 0 N–H and O–H groups in total. The second-order valence-corrected chi connectivity index (χ2v) is 7.87. The minimum absolute atomic E-state index is 0.840. The molecule has 1 unspecified atom stereocenters. The predicted molar refractivity (Wildman–Crippen MR) is 93.1 cm³/mol. The van der Waals surface area contributed by atoms with E-state index in [1.165, 1.54) is 56.8 Å². The van der Waals surface area contributed by atoms with Crippen LogP contribution in [0.25, 0.3) is 0 Å². The standard InChI is InChI=1S/C18H28N2S/c1-16-7-6-12-19(15-16)17-10-13-20(14-11-17)21-18-8-4-2-3-5-9-18/h2-5,8,16-17H,6-7,9-15H2,1H3. The van der Waals surface area contributed by atoms with Crippen LogP contribution in [-0.4, -0.2) is 41.4 Å². The summed E-state index contributed by atoms with van der Waals surface area (Å²) >= 11 is 1.98. The first kappa shape index (κ1) is 15.4. The molecule has 3 aliphatic rings. The summed E-state index contributed by atoms with van der Waals surface area (Å²) < 4.78 is 2.57. The van der Waals surface area contributed by atoms with Crippen molar-refractivity contribution in [3.63, 3.8) is 0 Å². The smallest absolute Gasteiger partial charge is 0.0120 e. The van der Waals surface area contributed by atoms with Gasteiger partial charge in [-0.2, -0.15) is 0 Å². The lowest BCUT2D eigenvalue weighted by Crippen LogP contribution is -2.46. The molecule has 2 saturated heterocycles. The molecule has 116 valence electrons. The predicted octanol–water partition coefficient (Wildman–Crippen LogP) is 4.23. The monoisotopic (exact) mass is 304 g/mol. The minimum Gasteiger partial charge on any atom is -0.300 e. The average Bonchev–Trinajstić information content (AvgIpc) is 2.77. The summed E-state index contributed by atoms with van der Waals surface area (Å²) in [5.74, 6) is 0.904. The number of hydrogen-bond acceptors (Lipinski definition) is 3. The van der Waals surface area contributed by atoms with Gasteiger partial charge in [-0.1, -0.05) is 37.3 Å². The SMILES string of the molecule is CC1CCCN(C2CCN(SC3=CC=CC=CC3)CC2)C1. The van der Waals surface area contributed by atoms with Crippen molar-refractivity contribution in [1.29, 1.82) is 0 Å². The van der Waals surface area contributed by atoms with E-state index >= 15 is 0 Å². The zero-order valence-corrected chi connectivity index (χ0v) is 14.0. The number of nitrogens with zero attached hydrogens (tertiary/aromatic N) is 2. The van der Waals surface area contributed by atoms with Gasteiger partial charge in [-0.3, -0.25) is 0 Å². The normalized spacial score (nSPS) is 29.4. The van der Waals surface area contributed by atoms with E-state index in [4.69, 9.17) is 0 Å². The Morgan fingerprint density at radius 1 is 1.05 bits per heavy atom. The molecule has 0 amide bonds. The van der Waals surface area contributed by atoms with Crippen LogP contribution in [0.1, 0.15) is 39.0 Å². The molecule has 0 saturated carbocycles. The van der Waals surface area contributed by atoms with Crippen molar-refractivity contribution in [3.8, 4) is 0 Å². The lowest BCUT2D eigenvalue weighted by Gasteiger charge is -2.41. The topological polar surface area (TPSA) is 6.48 Å². The molecule has 0 spiro atoms. The van der Waals surface area contributed by atoms with Crippen LogP contribution in [0.15, 0.2) is 35.3 Å². The third kappa shape index (κ3) is 4.48. The second-order valence-electron chi connectivity index (χ2n) is 6.64. The fraction of sp³-hybridized carbons (Fsp3) is 0.667. The molecule has 1 atom stereocenters. The van der Waals surface area contributed by atoms with E-state index in [2.05, 4.69) is 46.5 Å². The number of piperidine rings is 2. The Balaban J connectivity index is 1.45. The van der Waals surface area contributed by atoms with E-state index in [0.29, 0.717) is 0 Å². The molecule has 2 heterocycles. The molecule has 0 aromatic heterocycles. The summed E-state index contributed by atoms with van der Waals surface area (Å²) in [5.41, 5.74) is 0. The summed E-state index contributed by atoms with van der Waals surface area (Å²) in [6.07, 6.45) is 17.6. The quantitative estimate of drug-likeness (QED) is 0.720. The van der Waals surface area contributed by atoms with Gasteiger partial charge in [-0.15, -0.1) is 0 Å². The van der Waals surface area contributed by atoms with Gasteiger partial charge < -0.3 is 4.90 Å². The van der Waals surface area contributed by atoms with Gasteiger partial charge in [-0.05, 0) is 56.5 Å². The molecule has 1 aliphatic carbocycles. The van der Waals surface area contributed by atoms with E-state index in [9.17, 15) is 0 Å². The molecule has 0 radical (unpaired) electrons. The van der Waals surface area contributed by atoms with E-state index in [1.807, 2.05) is 11.9 Å². The van der Waals surface area contributed by atoms with Gasteiger partial charge in [0.25, 0.3) is 0 Å². The largest absolute Gasteiger partial charge is 0.300 e. The maximum Gasteiger partial charge on any atom is 0.0120 e. The molecule has 2 nitrogen and oxygen atoms in total. The van der Waals surface area contributed by atoms with Gasteiger partial charge in [0, 0.05) is 30.6 Å². The molecule has 2 fully saturated rings. The first-order valence-electron chi connectivity index (χ1n) is 8.50. The lowest BCUT2D eigenvalue weighted by molar-refractivity contribution is 0.0964. The highest BCUT2D eigenvalue weighted by Gasteiger charge is 2.27. The minimum atomic E-state index is 0.840. The molecule has 0 bridgehead atoms. The first-order chi connectivity index (χ1) is 10.3. The van der Waals surface area contributed by atoms with E-state index in [0.717, 1.165) is 18.4 Å². The van der Waals surface area contributed by atoms with Crippen molar-refractivity contribution in [2.24, 2.45) is 5.92 Å². The number of rotatable bonds is 3. The summed E-state index contributed by atoms with van der Waals surface area (Å²) in [5, 5.41) is 0. The maximum absolute atomic E-state index is 2.77. The van der Waals surface area contributed by atoms with Gasteiger partial charge in [-0.25, -0.2) is 4.31 Å². The Morgan fingerprint density at radius 2 is 1.90 bits per heavy atom. The van der Waals surface area contributed by atoms with Gasteiger partial charge in [0.1, 0.15) is 0 Å². The van der Waals surface area contributed by atoms with Crippen molar-refractivity contribution < 1.29 is 0 Å². The zero-order chi connectivity index (χ0) is 14.5. The highest BCUT2D eigenvalue weighted by Crippen LogP contribution is 2.31. The van der Waals surface area contributed by atoms with Crippen LogP contribution in [0.2, 0.25) is 0 Å². The fourth-order valence-electron chi connectivity index (χ4n) is 3.65. The molecular formula is C18H28N2S. The van der Waals surface area contributed by atoms with Gasteiger partial charge in [0.05, 0.1) is 0 Å². The molecule has 3 heteroatoms. The Morgan fingerprint density at radius 3 is 2.71 bits per heavy atom. The van der Waals surface area contributed by atoms with Crippen molar-refractivity contribution in [2.45, 2.75) is 45.1 Å². The fourth-order valence-corrected chi connectivity index (χ4v) is 4.68. The third-order valence-electron chi connectivity index (χ3n) is 4.83. The van der Waals surface area contributed by atoms with Crippen LogP contribution in [0.4, 0.5) is 0 Å². The summed E-state index contributed by atoms with van der Waals surface area (Å²) in [6.45, 7) is 7.56. The highest BCUT2D eigenvalue weighted by atomic mass is 32.2. The van der Waals surface area contributed by atoms with Crippen LogP contribution in [-0.2, 0) is 0 Å². The van der Waals surface area contributed by atoms with Gasteiger partial charge >= 0.3 is 0 Å². The summed E-state index contributed by atoms with van der Waals surface area (Å²) in [7, 11) is 0. The second kappa shape index (κ2) is 7.66. The van der Waals surface area contributed by atoms with Crippen molar-refractivity contribution >= 4 is 11.9 Å². The van der Waals surface area contributed by atoms with Crippen LogP contribution in [0.3, 0.4) is 0 Å². The van der Waals surface area contributed by atoms with Crippen LogP contribution in [0.5, 0.6) is 0 Å². The molecule has 3 rings (SSSR count). The van der Waals surface area contributed by atoms with Crippen LogP contribution < -0.4 is 0 Å². The van der Waals surface area contributed by atoms with Crippen molar-refractivity contribution in [1.82, 2.24) is 9.21 Å². The van der Waals surface area contributed by atoms with Crippen LogP contribution in [0, 0.1) is 5.92 Å². The van der Waals surface area contributed by atoms with Crippen molar-refractivity contribution in [3.05, 3.63) is 35.3 Å². The Bertz CT molecular complexity index is 419. The lowest BCUT2D eigenvalue weighted by atomic mass is 9.96. The van der Waals surface area contributed by atoms with E-state index in [1.54, 1.807) is 0 Å². The highest BCUT2D eigenvalue weighted by molar-refractivity contribution is 8.00. The summed E-state index contributed by atoms with van der Waals surface area (Å²) in [6, 6.07) is 0.840. The first-order valence-corrected chi connectivity index (χ1v) is 9.28. The maximum atomic E-state index is 2.77. The third-order valence-corrected chi connectivity index (χ3v) is 5.99. The summed E-state index contributed by atoms with van der Waals surface area (Å²) in [4.78, 5) is 4.25. The Labute approximate surface area is 134 Å². The Kier molecular flexibility index (Phi) is 5.61. The molecule has 21 heavy (non-hydrogen) atoms. The molecular weight excluding hydrogens is 276 g/mol. The van der Waals surface area contributed by atoms with Gasteiger partial charge in [0.15, 0.2) is 0 Å². The van der Waals surface area contributed by atoms with Crippen LogP contribution >= 0.6 is 11.9 Å². The molecule has 0 aromatic rings. The zero-order valence-electron chi connectivity index (χ0n) is 13.2. The van der Waals surface area contributed by atoms with Crippen molar-refractivity contribution in [2.75, 3.05) is 26.2 Å². The van der Waals surface area contributed by atoms with E-state index < -0.39 is 0 Å². The number of hydrogen-bond donors (Lipinski definition) is 0. The number of likely N-dealkylation sites (tertiary alicyclic amines) is 1. The van der Waals surface area contributed by atoms with Gasteiger partial charge in [0.2, 0.25) is 0 Å². The Hall–Kier alpha value is -0.510. The number of allylic oxidation sites excluding steroid dienone is 6.